The Morgan fingerprint density at radius 1 is 1.19 bits per heavy atom. The van der Waals surface area contributed by atoms with E-state index in [1.165, 1.54) is 17.8 Å². The van der Waals surface area contributed by atoms with E-state index in [9.17, 15) is 4.79 Å². The molecule has 1 aromatic carbocycles. The molecule has 138 valence electrons. The number of carbonyl (C=O) groups excluding carboxylic acids is 1. The summed E-state index contributed by atoms with van der Waals surface area (Å²) >= 11 is 1.21. The molecule has 1 fully saturated rings. The highest BCUT2D eigenvalue weighted by atomic mass is 32.2. The van der Waals surface area contributed by atoms with Crippen molar-refractivity contribution in [2.24, 2.45) is 0 Å². The number of rotatable bonds is 5. The third kappa shape index (κ3) is 4.77. The van der Waals surface area contributed by atoms with Gasteiger partial charge in [-0.1, -0.05) is 11.8 Å². The molecule has 1 aliphatic heterocycles. The summed E-state index contributed by atoms with van der Waals surface area (Å²) in [7, 11) is 0. The molecule has 1 amide bonds. The number of ether oxygens (including phenoxy) is 1. The van der Waals surface area contributed by atoms with Gasteiger partial charge in [-0.25, -0.2) is 9.97 Å². The highest BCUT2D eigenvalue weighted by Gasteiger charge is 2.17. The zero-order valence-corrected chi connectivity index (χ0v) is 15.3. The van der Waals surface area contributed by atoms with Crippen molar-refractivity contribution >= 4 is 40.7 Å². The van der Waals surface area contributed by atoms with Gasteiger partial charge in [-0.05, 0) is 31.2 Å². The fraction of sp³-hybridized carbons (Fsp3) is 0.353. The highest BCUT2D eigenvalue weighted by Crippen LogP contribution is 2.24. The number of benzene rings is 1. The molecule has 0 saturated carbocycles. The fourth-order valence-electron chi connectivity index (χ4n) is 2.55. The van der Waals surface area contributed by atoms with Gasteiger partial charge in [-0.2, -0.15) is 0 Å². The van der Waals surface area contributed by atoms with Gasteiger partial charge in [0.2, 0.25) is 5.91 Å². The summed E-state index contributed by atoms with van der Waals surface area (Å²) in [5, 5.41) is 2.89. The molecule has 0 unspecified atom stereocenters. The third-order valence-corrected chi connectivity index (χ3v) is 4.87. The molecule has 0 aliphatic carbocycles. The first kappa shape index (κ1) is 18.3. The molecule has 0 radical (unpaired) electrons. The molecule has 2 aromatic rings. The van der Waals surface area contributed by atoms with Gasteiger partial charge in [0.25, 0.3) is 0 Å². The molecular weight excluding hydrogens is 352 g/mol. The number of hydrogen-bond donors (Lipinski definition) is 3. The van der Waals surface area contributed by atoms with E-state index in [-0.39, 0.29) is 17.5 Å². The fourth-order valence-corrected chi connectivity index (χ4v) is 3.35. The Kier molecular flexibility index (Phi) is 5.79. The summed E-state index contributed by atoms with van der Waals surface area (Å²) in [6.45, 7) is 5.02. The second-order valence-corrected chi connectivity index (χ2v) is 7.20. The molecule has 8 nitrogen and oxygen atoms in total. The number of nitrogens with one attached hydrogen (secondary N) is 1. The van der Waals surface area contributed by atoms with Crippen LogP contribution in [0.15, 0.2) is 35.5 Å². The lowest BCUT2D eigenvalue weighted by Crippen LogP contribution is -2.36. The summed E-state index contributed by atoms with van der Waals surface area (Å²) in [5.41, 5.74) is 13.2. The predicted octanol–water partition coefficient (Wildman–Crippen LogP) is 1.60. The van der Waals surface area contributed by atoms with Crippen molar-refractivity contribution in [2.45, 2.75) is 17.3 Å². The average molecular weight is 374 g/mol. The summed E-state index contributed by atoms with van der Waals surface area (Å²) in [6.07, 6.45) is 0. The van der Waals surface area contributed by atoms with Gasteiger partial charge >= 0.3 is 0 Å². The molecule has 3 rings (SSSR count). The van der Waals surface area contributed by atoms with Crippen molar-refractivity contribution in [3.05, 3.63) is 30.3 Å². The molecule has 1 atom stereocenters. The van der Waals surface area contributed by atoms with Crippen molar-refractivity contribution in [3.63, 3.8) is 0 Å². The number of nitrogens with zero attached hydrogens (tertiary/aromatic N) is 3. The number of thioether (sulfide) groups is 1. The number of anilines is 4. The Morgan fingerprint density at radius 2 is 1.81 bits per heavy atom. The molecule has 9 heteroatoms. The maximum absolute atomic E-state index is 12.4. The Hall–Kier alpha value is -2.52. The Balaban J connectivity index is 1.58. The smallest absolute Gasteiger partial charge is 0.237 e. The number of morpholine rings is 1. The second-order valence-electron chi connectivity index (χ2n) is 5.90. The van der Waals surface area contributed by atoms with E-state index in [4.69, 9.17) is 16.2 Å². The number of carbonyl (C=O) groups is 1. The van der Waals surface area contributed by atoms with Crippen molar-refractivity contribution < 1.29 is 9.53 Å². The molecule has 0 bridgehead atoms. The molecule has 2 heterocycles. The van der Waals surface area contributed by atoms with Crippen LogP contribution in [0.25, 0.3) is 0 Å². The number of amides is 1. The quantitative estimate of drug-likeness (QED) is 0.533. The maximum Gasteiger partial charge on any atom is 0.237 e. The Labute approximate surface area is 156 Å². The minimum Gasteiger partial charge on any atom is -0.383 e. The molecule has 0 spiro atoms. The summed E-state index contributed by atoms with van der Waals surface area (Å²) in [4.78, 5) is 22.8. The van der Waals surface area contributed by atoms with Crippen LogP contribution >= 0.6 is 11.8 Å². The second kappa shape index (κ2) is 8.24. The van der Waals surface area contributed by atoms with Crippen LogP contribution in [-0.2, 0) is 9.53 Å². The zero-order valence-electron chi connectivity index (χ0n) is 14.5. The predicted molar refractivity (Wildman–Crippen MR) is 104 cm³/mol. The van der Waals surface area contributed by atoms with Gasteiger partial charge in [0.15, 0.2) is 5.16 Å². The number of aromatic nitrogens is 2. The lowest BCUT2D eigenvalue weighted by molar-refractivity contribution is -0.115. The van der Waals surface area contributed by atoms with Gasteiger partial charge in [-0.15, -0.1) is 0 Å². The van der Waals surface area contributed by atoms with E-state index in [0.717, 1.165) is 37.7 Å². The molecular formula is C17H22N6O2S. The van der Waals surface area contributed by atoms with E-state index in [0.29, 0.717) is 5.16 Å². The van der Waals surface area contributed by atoms with Crippen LogP contribution in [0.1, 0.15) is 6.92 Å². The van der Waals surface area contributed by atoms with Crippen LogP contribution in [0.2, 0.25) is 0 Å². The van der Waals surface area contributed by atoms with E-state index in [1.54, 1.807) is 6.92 Å². The average Bonchev–Trinajstić information content (AvgIpc) is 2.62. The van der Waals surface area contributed by atoms with Crippen molar-refractivity contribution in [1.29, 1.82) is 0 Å². The van der Waals surface area contributed by atoms with Gasteiger partial charge in [0.1, 0.15) is 11.6 Å². The number of hydrogen-bond acceptors (Lipinski definition) is 8. The van der Waals surface area contributed by atoms with Crippen LogP contribution in [0, 0.1) is 0 Å². The lowest BCUT2D eigenvalue weighted by Gasteiger charge is -2.28. The van der Waals surface area contributed by atoms with Crippen LogP contribution in [0.4, 0.5) is 23.0 Å². The van der Waals surface area contributed by atoms with Crippen LogP contribution in [0.5, 0.6) is 0 Å². The first-order valence-corrected chi connectivity index (χ1v) is 9.19. The van der Waals surface area contributed by atoms with Gasteiger partial charge in [0.05, 0.1) is 18.5 Å². The van der Waals surface area contributed by atoms with Crippen LogP contribution in [0.3, 0.4) is 0 Å². The zero-order chi connectivity index (χ0) is 18.5. The van der Waals surface area contributed by atoms with E-state index in [2.05, 4.69) is 20.2 Å². The normalized spacial score (nSPS) is 15.5. The minimum absolute atomic E-state index is 0.140. The monoisotopic (exact) mass is 374 g/mol. The number of nitrogens with two attached hydrogens (primary N) is 2. The maximum atomic E-state index is 12.4. The Bertz CT molecular complexity index is 744. The van der Waals surface area contributed by atoms with Crippen molar-refractivity contribution in [2.75, 3.05) is 48.0 Å². The molecule has 1 saturated heterocycles. The third-order valence-electron chi connectivity index (χ3n) is 3.91. The van der Waals surface area contributed by atoms with Crippen LogP contribution < -0.4 is 21.7 Å². The molecule has 26 heavy (non-hydrogen) atoms. The van der Waals surface area contributed by atoms with E-state index < -0.39 is 5.25 Å². The highest BCUT2D eigenvalue weighted by molar-refractivity contribution is 8.00. The van der Waals surface area contributed by atoms with Crippen molar-refractivity contribution in [3.8, 4) is 0 Å². The Morgan fingerprint density at radius 3 is 2.42 bits per heavy atom. The van der Waals surface area contributed by atoms with Gasteiger partial charge in [0, 0.05) is 30.5 Å². The topological polar surface area (TPSA) is 119 Å². The first-order valence-electron chi connectivity index (χ1n) is 8.31. The SMILES string of the molecule is C[C@H](Sc1nc(N)cc(N)n1)C(=O)Nc1ccc(N2CCOCC2)cc1. The van der Waals surface area contributed by atoms with Crippen molar-refractivity contribution in [1.82, 2.24) is 9.97 Å². The molecule has 1 aliphatic rings. The largest absolute Gasteiger partial charge is 0.383 e. The minimum atomic E-state index is -0.393. The summed E-state index contributed by atoms with van der Waals surface area (Å²) < 4.78 is 5.36. The summed E-state index contributed by atoms with van der Waals surface area (Å²) in [5.74, 6) is 0.427. The van der Waals surface area contributed by atoms with E-state index >= 15 is 0 Å². The van der Waals surface area contributed by atoms with Gasteiger partial charge in [-0.3, -0.25) is 4.79 Å². The molecule has 5 N–H and O–H groups in total. The standard InChI is InChI=1S/C17H22N6O2S/c1-11(26-17-21-14(18)10-15(19)22-17)16(24)20-12-2-4-13(5-3-12)23-6-8-25-9-7-23/h2-5,10-11H,6-9H2,1H3,(H,20,24)(H4,18,19,21,22)/t11-/m0/s1. The van der Waals surface area contributed by atoms with Crippen LogP contribution in [-0.4, -0.2) is 47.4 Å². The lowest BCUT2D eigenvalue weighted by atomic mass is 10.2. The molecule has 1 aromatic heterocycles. The first-order chi connectivity index (χ1) is 12.5. The summed E-state index contributed by atoms with van der Waals surface area (Å²) in [6, 6.07) is 9.27. The number of nitrogen functional groups attached to an aromatic ring is 2. The van der Waals surface area contributed by atoms with Gasteiger partial charge < -0.3 is 26.4 Å². The van der Waals surface area contributed by atoms with E-state index in [1.807, 2.05) is 24.3 Å².